The summed E-state index contributed by atoms with van der Waals surface area (Å²) >= 11 is 9.33. The Morgan fingerprint density at radius 2 is 2.00 bits per heavy atom. The van der Waals surface area contributed by atoms with Crippen LogP contribution in [0.25, 0.3) is 0 Å². The molecular formula is C17H17BrClNO3. The smallest absolute Gasteiger partial charge is 0.255 e. The van der Waals surface area contributed by atoms with Crippen molar-refractivity contribution in [3.63, 3.8) is 0 Å². The normalized spacial score (nSPS) is 10.3. The highest BCUT2D eigenvalue weighted by molar-refractivity contribution is 9.10. The number of rotatable bonds is 6. The van der Waals surface area contributed by atoms with E-state index >= 15 is 0 Å². The van der Waals surface area contributed by atoms with E-state index in [-0.39, 0.29) is 5.91 Å². The van der Waals surface area contributed by atoms with Crippen molar-refractivity contribution >= 4 is 33.4 Å². The molecule has 0 aliphatic heterocycles. The first-order chi connectivity index (χ1) is 11.0. The Morgan fingerprint density at radius 3 is 2.65 bits per heavy atom. The Kier molecular flexibility index (Phi) is 6.30. The number of amides is 1. The van der Waals surface area contributed by atoms with Gasteiger partial charge in [0, 0.05) is 11.6 Å². The largest absolute Gasteiger partial charge is 0.497 e. The number of benzene rings is 2. The highest BCUT2D eigenvalue weighted by atomic mass is 79.9. The van der Waals surface area contributed by atoms with Crippen molar-refractivity contribution in [3.05, 3.63) is 57.0 Å². The fourth-order valence-electron chi connectivity index (χ4n) is 2.17. The molecule has 0 unspecified atom stereocenters. The zero-order valence-electron chi connectivity index (χ0n) is 12.9. The third-order valence-electron chi connectivity index (χ3n) is 3.29. The maximum atomic E-state index is 12.4. The molecule has 0 atom stereocenters. The van der Waals surface area contributed by atoms with Crippen LogP contribution in [0.4, 0.5) is 0 Å². The third kappa shape index (κ3) is 4.62. The van der Waals surface area contributed by atoms with Crippen LogP contribution in [0.3, 0.4) is 0 Å². The van der Waals surface area contributed by atoms with Crippen LogP contribution in [0.15, 0.2) is 40.9 Å². The first kappa shape index (κ1) is 17.6. The third-order valence-corrected chi connectivity index (χ3v) is 4.11. The van der Waals surface area contributed by atoms with Gasteiger partial charge >= 0.3 is 0 Å². The quantitative estimate of drug-likeness (QED) is 0.797. The second-order valence-electron chi connectivity index (χ2n) is 4.83. The van der Waals surface area contributed by atoms with Crippen molar-refractivity contribution in [3.8, 4) is 11.5 Å². The standard InChI is InChI=1S/C17H17BrClNO3/c1-22-13-9-14(16(23-2)15(18)10-13)17(21)20-7-6-11-4-3-5-12(19)8-11/h3-5,8-10H,6-7H2,1-2H3,(H,20,21). The van der Waals surface area contributed by atoms with Crippen LogP contribution < -0.4 is 14.8 Å². The fraction of sp³-hybridized carbons (Fsp3) is 0.235. The average molecular weight is 399 g/mol. The van der Waals surface area contributed by atoms with Crippen molar-refractivity contribution in [1.29, 1.82) is 0 Å². The van der Waals surface area contributed by atoms with Gasteiger partial charge in [-0.25, -0.2) is 0 Å². The Morgan fingerprint density at radius 1 is 1.22 bits per heavy atom. The van der Waals surface area contributed by atoms with Crippen LogP contribution in [0.2, 0.25) is 5.02 Å². The lowest BCUT2D eigenvalue weighted by molar-refractivity contribution is 0.0950. The molecule has 0 aromatic heterocycles. The lowest BCUT2D eigenvalue weighted by Gasteiger charge is -2.13. The lowest BCUT2D eigenvalue weighted by Crippen LogP contribution is -2.26. The highest BCUT2D eigenvalue weighted by Gasteiger charge is 2.17. The molecule has 0 radical (unpaired) electrons. The molecule has 0 saturated carbocycles. The zero-order chi connectivity index (χ0) is 16.8. The van der Waals surface area contributed by atoms with Gasteiger partial charge in [-0.3, -0.25) is 4.79 Å². The van der Waals surface area contributed by atoms with Gasteiger partial charge in [0.25, 0.3) is 5.91 Å². The van der Waals surface area contributed by atoms with Gasteiger partial charge in [-0.15, -0.1) is 0 Å². The molecule has 1 amide bonds. The first-order valence-electron chi connectivity index (χ1n) is 6.99. The zero-order valence-corrected chi connectivity index (χ0v) is 15.2. The molecule has 23 heavy (non-hydrogen) atoms. The van der Waals surface area contributed by atoms with Crippen molar-refractivity contribution in [2.24, 2.45) is 0 Å². The Balaban J connectivity index is 2.07. The van der Waals surface area contributed by atoms with Crippen LogP contribution in [0.1, 0.15) is 15.9 Å². The van der Waals surface area contributed by atoms with Gasteiger partial charge < -0.3 is 14.8 Å². The van der Waals surface area contributed by atoms with Gasteiger partial charge in [-0.1, -0.05) is 23.7 Å². The molecule has 0 aliphatic carbocycles. The number of methoxy groups -OCH3 is 2. The molecule has 0 heterocycles. The van der Waals surface area contributed by atoms with Gasteiger partial charge in [0.1, 0.15) is 11.5 Å². The van der Waals surface area contributed by atoms with Crippen molar-refractivity contribution in [2.75, 3.05) is 20.8 Å². The minimum Gasteiger partial charge on any atom is -0.497 e. The Hall–Kier alpha value is -1.72. The Labute approximate surface area is 148 Å². The minimum atomic E-state index is -0.219. The number of nitrogens with one attached hydrogen (secondary N) is 1. The molecule has 2 rings (SSSR count). The summed E-state index contributed by atoms with van der Waals surface area (Å²) in [5, 5.41) is 3.57. The van der Waals surface area contributed by atoms with Crippen molar-refractivity contribution in [2.45, 2.75) is 6.42 Å². The van der Waals surface area contributed by atoms with Gasteiger partial charge in [-0.2, -0.15) is 0 Å². The number of ether oxygens (including phenoxy) is 2. The molecule has 0 saturated heterocycles. The average Bonchev–Trinajstić information content (AvgIpc) is 2.54. The number of hydrogen-bond donors (Lipinski definition) is 1. The summed E-state index contributed by atoms with van der Waals surface area (Å²) in [4.78, 5) is 12.4. The first-order valence-corrected chi connectivity index (χ1v) is 8.16. The summed E-state index contributed by atoms with van der Waals surface area (Å²) < 4.78 is 11.2. The monoisotopic (exact) mass is 397 g/mol. The molecule has 6 heteroatoms. The van der Waals surface area contributed by atoms with Crippen LogP contribution in [0, 0.1) is 0 Å². The van der Waals surface area contributed by atoms with E-state index in [0.717, 1.165) is 5.56 Å². The lowest BCUT2D eigenvalue weighted by atomic mass is 10.1. The van der Waals surface area contributed by atoms with E-state index in [4.69, 9.17) is 21.1 Å². The van der Waals surface area contributed by atoms with E-state index < -0.39 is 0 Å². The topological polar surface area (TPSA) is 47.6 Å². The number of carbonyl (C=O) groups is 1. The number of carbonyl (C=O) groups excluding carboxylic acids is 1. The highest BCUT2D eigenvalue weighted by Crippen LogP contribution is 2.33. The molecule has 0 spiro atoms. The van der Waals surface area contributed by atoms with Crippen LogP contribution in [-0.4, -0.2) is 26.7 Å². The maximum Gasteiger partial charge on any atom is 0.255 e. The molecule has 122 valence electrons. The summed E-state index contributed by atoms with van der Waals surface area (Å²) in [5.41, 5.74) is 1.49. The SMILES string of the molecule is COc1cc(Br)c(OC)c(C(=O)NCCc2cccc(Cl)c2)c1. The fourth-order valence-corrected chi connectivity index (χ4v) is 2.98. The molecule has 0 bridgehead atoms. The molecule has 4 nitrogen and oxygen atoms in total. The summed E-state index contributed by atoms with van der Waals surface area (Å²) in [6, 6.07) is 11.0. The second-order valence-corrected chi connectivity index (χ2v) is 6.12. The van der Waals surface area contributed by atoms with Crippen molar-refractivity contribution in [1.82, 2.24) is 5.32 Å². The molecule has 2 aromatic carbocycles. The summed E-state index contributed by atoms with van der Waals surface area (Å²) in [6.07, 6.45) is 0.694. The minimum absolute atomic E-state index is 0.219. The van der Waals surface area contributed by atoms with Gasteiger partial charge in [0.05, 0.1) is 24.3 Å². The van der Waals surface area contributed by atoms with E-state index in [1.807, 2.05) is 24.3 Å². The summed E-state index contributed by atoms with van der Waals surface area (Å²) in [7, 11) is 3.07. The predicted octanol–water partition coefficient (Wildman–Crippen LogP) is 4.09. The maximum absolute atomic E-state index is 12.4. The predicted molar refractivity (Wildman–Crippen MR) is 94.7 cm³/mol. The van der Waals surface area contributed by atoms with Gasteiger partial charge in [-0.05, 0) is 52.2 Å². The van der Waals surface area contributed by atoms with Crippen LogP contribution in [-0.2, 0) is 6.42 Å². The second kappa shape index (κ2) is 8.22. The molecular weight excluding hydrogens is 382 g/mol. The van der Waals surface area contributed by atoms with E-state index in [2.05, 4.69) is 21.2 Å². The molecule has 0 fully saturated rings. The summed E-state index contributed by atoms with van der Waals surface area (Å²) in [5.74, 6) is 0.840. The molecule has 1 N–H and O–H groups in total. The van der Waals surface area contributed by atoms with E-state index in [1.165, 1.54) is 7.11 Å². The van der Waals surface area contributed by atoms with Crippen LogP contribution in [0.5, 0.6) is 11.5 Å². The van der Waals surface area contributed by atoms with Crippen LogP contribution >= 0.6 is 27.5 Å². The summed E-state index contributed by atoms with van der Waals surface area (Å²) in [6.45, 7) is 0.497. The van der Waals surface area contributed by atoms with Crippen molar-refractivity contribution < 1.29 is 14.3 Å². The van der Waals surface area contributed by atoms with E-state index in [1.54, 1.807) is 19.2 Å². The van der Waals surface area contributed by atoms with Gasteiger partial charge in [0.2, 0.25) is 0 Å². The number of halogens is 2. The van der Waals surface area contributed by atoms with Gasteiger partial charge in [0.15, 0.2) is 0 Å². The van der Waals surface area contributed by atoms with E-state index in [9.17, 15) is 4.79 Å². The molecule has 2 aromatic rings. The molecule has 0 aliphatic rings. The van der Waals surface area contributed by atoms with E-state index in [0.29, 0.717) is 39.5 Å². The number of hydrogen-bond acceptors (Lipinski definition) is 3. The Bertz CT molecular complexity index is 706.